The van der Waals surface area contributed by atoms with Gasteiger partial charge < -0.3 is 15.3 Å². The van der Waals surface area contributed by atoms with Crippen LogP contribution in [-0.2, 0) is 24.7 Å². The van der Waals surface area contributed by atoms with Crippen LogP contribution in [0.2, 0.25) is 70.5 Å². The molecule has 286 valence electrons. The highest BCUT2D eigenvalue weighted by molar-refractivity contribution is 6.89. The van der Waals surface area contributed by atoms with Crippen molar-refractivity contribution in [2.75, 3.05) is 0 Å². The van der Waals surface area contributed by atoms with Crippen molar-refractivity contribution >= 4 is 29.4 Å². The van der Waals surface area contributed by atoms with Crippen molar-refractivity contribution in [1.29, 1.82) is 0 Å². The Balaban J connectivity index is 0.000000273. The summed E-state index contributed by atoms with van der Waals surface area (Å²) in [5, 5.41) is 30.7. The number of rotatable bonds is 10. The number of aromatic hydroxyl groups is 3. The van der Waals surface area contributed by atoms with Crippen LogP contribution in [0.5, 0.6) is 17.2 Å². The largest absolute Gasteiger partial charge is 0.508 e. The molecule has 0 aliphatic carbocycles. The van der Waals surface area contributed by atoms with E-state index in [0.717, 1.165) is 36.0 Å². The molecule has 0 bridgehead atoms. The van der Waals surface area contributed by atoms with Gasteiger partial charge in [-0.3, -0.25) is 0 Å². The Hall–Kier alpha value is -3.07. The average Bonchev–Trinajstić information content (AvgIpc) is 3.02. The molecule has 52 heavy (non-hydrogen) atoms. The van der Waals surface area contributed by atoms with Crippen molar-refractivity contribution < 1.29 is 15.3 Å². The lowest BCUT2D eigenvalue weighted by Crippen LogP contribution is -2.41. The lowest BCUT2D eigenvalue weighted by Gasteiger charge is -2.23. The monoisotopic (exact) mass is 756 g/mol. The summed E-state index contributed by atoms with van der Waals surface area (Å²) in [6, 6.07) is 28.9. The summed E-state index contributed by atoms with van der Waals surface area (Å²) >= 11 is 0. The minimum Gasteiger partial charge on any atom is -0.508 e. The van der Waals surface area contributed by atoms with Gasteiger partial charge in [0.15, 0.2) is 0 Å². The summed E-state index contributed by atoms with van der Waals surface area (Å²) in [5.41, 5.74) is 9.59. The summed E-state index contributed by atoms with van der Waals surface area (Å²) in [4.78, 5) is 0. The van der Waals surface area contributed by atoms with E-state index >= 15 is 0 Å². The number of phenolic OH excluding ortho intramolecular Hbond substituents is 3. The van der Waals surface area contributed by atoms with Gasteiger partial charge in [0.1, 0.15) is 17.2 Å². The first-order valence-electron chi connectivity index (χ1n) is 19.3. The van der Waals surface area contributed by atoms with E-state index in [4.69, 9.17) is 0 Å². The molecular formula is C46H72O3Si3. The molecule has 0 radical (unpaired) electrons. The highest BCUT2D eigenvalue weighted by atomic mass is 28.3. The Bertz CT molecular complexity index is 1720. The minimum atomic E-state index is -1.38. The van der Waals surface area contributed by atoms with Gasteiger partial charge in [0.25, 0.3) is 0 Å². The predicted molar refractivity (Wildman–Crippen MR) is 238 cm³/mol. The van der Waals surface area contributed by atoms with E-state index in [1.54, 1.807) is 0 Å². The maximum Gasteiger partial charge on any atom is 0.119 e. The molecule has 0 unspecified atom stereocenters. The molecule has 4 rings (SSSR count). The lowest BCUT2D eigenvalue weighted by atomic mass is 9.85. The fraction of sp³-hybridized carbons (Fsp3) is 0.478. The normalized spacial score (nSPS) is 12.1. The second kappa shape index (κ2) is 18.8. The van der Waals surface area contributed by atoms with Crippen LogP contribution in [-0.4, -0.2) is 39.5 Å². The summed E-state index contributed by atoms with van der Waals surface area (Å²) in [6.45, 7) is 33.8. The first-order chi connectivity index (χ1) is 23.8. The van der Waals surface area contributed by atoms with Crippen LogP contribution in [0, 0.1) is 27.7 Å². The van der Waals surface area contributed by atoms with Gasteiger partial charge in [-0.05, 0) is 121 Å². The summed E-state index contributed by atoms with van der Waals surface area (Å²) in [7, 11) is -3.31. The van der Waals surface area contributed by atoms with Crippen molar-refractivity contribution in [1.82, 2.24) is 0 Å². The van der Waals surface area contributed by atoms with Gasteiger partial charge in [-0.25, -0.2) is 0 Å². The molecular weight excluding hydrogens is 685 g/mol. The Morgan fingerprint density at radius 2 is 0.923 bits per heavy atom. The molecule has 3 N–H and O–H groups in total. The van der Waals surface area contributed by atoms with E-state index < -0.39 is 24.2 Å². The molecule has 0 spiro atoms. The fourth-order valence-corrected chi connectivity index (χ4v) is 10.4. The molecule has 4 aromatic rings. The number of hydrogen-bond acceptors (Lipinski definition) is 3. The van der Waals surface area contributed by atoms with E-state index in [0.29, 0.717) is 17.2 Å². The van der Waals surface area contributed by atoms with Crippen molar-refractivity contribution in [2.45, 2.75) is 144 Å². The van der Waals surface area contributed by atoms with Crippen molar-refractivity contribution in [3.05, 3.63) is 117 Å². The van der Waals surface area contributed by atoms with Gasteiger partial charge >= 0.3 is 0 Å². The summed E-state index contributed by atoms with van der Waals surface area (Å²) < 4.78 is 0. The van der Waals surface area contributed by atoms with Crippen LogP contribution in [0.4, 0.5) is 0 Å². The summed E-state index contributed by atoms with van der Waals surface area (Å²) in [5.74, 6) is 1.25. The lowest BCUT2D eigenvalue weighted by molar-refractivity contribution is 0.446. The Morgan fingerprint density at radius 1 is 0.481 bits per heavy atom. The van der Waals surface area contributed by atoms with Crippen LogP contribution < -0.4 is 5.19 Å². The number of benzene rings is 4. The van der Waals surface area contributed by atoms with Crippen LogP contribution >= 0.6 is 0 Å². The third-order valence-electron chi connectivity index (χ3n) is 10.1. The molecule has 3 nitrogen and oxygen atoms in total. The SMILES string of the molecule is CC(C)(C)c1cc(CC[Si](C)(C)C)ccc1O.Cc1cc(CC[Si](C)(C)C)c(C)cc1O.Cc1cc(CC[Si](C)(C)c2ccccc2)c(C)cc1O. The zero-order valence-electron chi connectivity index (χ0n) is 35.5. The topological polar surface area (TPSA) is 60.7 Å². The van der Waals surface area contributed by atoms with Crippen LogP contribution in [0.3, 0.4) is 0 Å². The number of hydrogen-bond donors (Lipinski definition) is 3. The quantitative estimate of drug-likeness (QED) is 0.141. The van der Waals surface area contributed by atoms with Crippen molar-refractivity contribution in [3.63, 3.8) is 0 Å². The van der Waals surface area contributed by atoms with Crippen molar-refractivity contribution in [3.8, 4) is 17.2 Å². The van der Waals surface area contributed by atoms with Gasteiger partial charge in [0.05, 0.1) is 8.07 Å². The molecule has 0 saturated heterocycles. The maximum absolute atomic E-state index is 9.91. The molecule has 0 saturated carbocycles. The van der Waals surface area contributed by atoms with Gasteiger partial charge in [-0.2, -0.15) is 0 Å². The molecule has 0 aliphatic heterocycles. The third kappa shape index (κ3) is 15.5. The van der Waals surface area contributed by atoms with Crippen LogP contribution in [0.25, 0.3) is 0 Å². The average molecular weight is 757 g/mol. The zero-order chi connectivity index (χ0) is 39.7. The van der Waals surface area contributed by atoms with Crippen molar-refractivity contribution in [2.24, 2.45) is 0 Å². The second-order valence-electron chi connectivity index (χ2n) is 19.1. The van der Waals surface area contributed by atoms with Crippen LogP contribution in [0.1, 0.15) is 65.3 Å². The van der Waals surface area contributed by atoms with E-state index in [1.165, 1.54) is 51.1 Å². The minimum absolute atomic E-state index is 0.0131. The Labute approximate surface area is 321 Å². The Kier molecular flexibility index (Phi) is 16.3. The molecule has 6 heteroatoms. The highest BCUT2D eigenvalue weighted by Gasteiger charge is 2.23. The summed E-state index contributed by atoms with van der Waals surface area (Å²) in [6.07, 6.45) is 3.39. The van der Waals surface area contributed by atoms with E-state index in [9.17, 15) is 15.3 Å². The molecule has 4 aromatic carbocycles. The van der Waals surface area contributed by atoms with Gasteiger partial charge in [-0.15, -0.1) is 0 Å². The highest BCUT2D eigenvalue weighted by Crippen LogP contribution is 2.32. The standard InChI is InChI=1S/C18H24OSi.C15H26OSi.C13H22OSi/c1-14-13-18(19)15(2)12-16(14)10-11-20(3,4)17-8-6-5-7-9-17;1-15(2,3)13-11-12(7-8-14(13)16)9-10-17(4,5)6;1-10-9-13(14)11(2)8-12(10)6-7-15(3,4)5/h5-9,12-13,19H,10-11H2,1-4H3;7-8,11,16H,9-10H2,1-6H3;8-9,14H,6-7H2,1-5H3. The van der Waals surface area contributed by atoms with Gasteiger partial charge in [0, 0.05) is 16.1 Å². The van der Waals surface area contributed by atoms with E-state index in [2.05, 4.69) is 142 Å². The number of phenols is 3. The fourth-order valence-electron chi connectivity index (χ4n) is 6.11. The van der Waals surface area contributed by atoms with Gasteiger partial charge in [0.2, 0.25) is 0 Å². The first kappa shape index (κ1) is 45.1. The molecule has 0 atom stereocenters. The molecule has 0 heterocycles. The number of aryl methyl sites for hydroxylation is 7. The molecule has 0 amide bonds. The zero-order valence-corrected chi connectivity index (χ0v) is 38.5. The molecule has 0 fully saturated rings. The Morgan fingerprint density at radius 3 is 1.37 bits per heavy atom. The first-order valence-corrected chi connectivity index (χ1v) is 29.9. The molecule has 0 aliphatic rings. The van der Waals surface area contributed by atoms with Crippen LogP contribution in [0.15, 0.2) is 72.8 Å². The van der Waals surface area contributed by atoms with E-state index in [1.807, 2.05) is 32.0 Å². The predicted octanol–water partition coefficient (Wildman–Crippen LogP) is 12.6. The maximum atomic E-state index is 9.91. The van der Waals surface area contributed by atoms with E-state index in [-0.39, 0.29) is 5.41 Å². The third-order valence-corrected chi connectivity index (χ3v) is 17.0. The van der Waals surface area contributed by atoms with Gasteiger partial charge in [-0.1, -0.05) is 145 Å². The smallest absolute Gasteiger partial charge is 0.119 e. The molecule has 0 aromatic heterocycles. The second-order valence-corrected chi connectivity index (χ2v) is 35.2.